The minimum atomic E-state index is 0.348. The maximum absolute atomic E-state index is 4.27. The van der Waals surface area contributed by atoms with E-state index in [0.717, 1.165) is 31.6 Å². The summed E-state index contributed by atoms with van der Waals surface area (Å²) in [7, 11) is 1.80. The largest absolute Gasteiger partial charge is 0.313 e. The van der Waals surface area contributed by atoms with Gasteiger partial charge in [0.25, 0.3) is 0 Å². The molecule has 0 amide bonds. The molecule has 2 rings (SSSR count). The lowest BCUT2D eigenvalue weighted by atomic mass is 10.0. The van der Waals surface area contributed by atoms with Crippen molar-refractivity contribution in [1.29, 1.82) is 0 Å². The number of rotatable bonds is 7. The molecule has 1 unspecified atom stereocenters. The summed E-state index contributed by atoms with van der Waals surface area (Å²) < 4.78 is 0. The van der Waals surface area contributed by atoms with E-state index in [1.165, 1.54) is 15.9 Å². The lowest BCUT2D eigenvalue weighted by molar-refractivity contribution is 0.494. The number of tetrazole rings is 1. The highest BCUT2D eigenvalue weighted by Gasteiger charge is 2.13. The van der Waals surface area contributed by atoms with E-state index in [4.69, 9.17) is 0 Å². The normalized spacial score (nSPS) is 12.6. The summed E-state index contributed by atoms with van der Waals surface area (Å²) in [6, 6.07) is 9.01. The molecule has 0 aliphatic heterocycles. The average molecular weight is 273 g/mol. The van der Waals surface area contributed by atoms with Crippen LogP contribution in [0.1, 0.15) is 30.3 Å². The molecule has 0 saturated heterocycles. The highest BCUT2D eigenvalue weighted by atomic mass is 15.6. The van der Waals surface area contributed by atoms with Crippen molar-refractivity contribution in [3.8, 4) is 0 Å². The highest BCUT2D eigenvalue weighted by Crippen LogP contribution is 2.09. The zero-order chi connectivity index (χ0) is 14.4. The summed E-state index contributed by atoms with van der Waals surface area (Å²) >= 11 is 0. The number of aromatic nitrogens is 4. The smallest absolute Gasteiger partial charge is 0.176 e. The van der Waals surface area contributed by atoms with E-state index in [0.29, 0.717) is 6.04 Å². The molecule has 1 aromatic carbocycles. The molecule has 0 aliphatic carbocycles. The molecular weight excluding hydrogens is 250 g/mol. The van der Waals surface area contributed by atoms with Crippen LogP contribution in [-0.2, 0) is 19.9 Å². The van der Waals surface area contributed by atoms with E-state index in [1.807, 2.05) is 0 Å². The number of hydrogen-bond donors (Lipinski definition) is 1. The van der Waals surface area contributed by atoms with Crippen LogP contribution >= 0.6 is 0 Å². The summed E-state index contributed by atoms with van der Waals surface area (Å²) in [5, 5.41) is 15.8. The summed E-state index contributed by atoms with van der Waals surface area (Å²) in [4.78, 5) is 1.51. The summed E-state index contributed by atoms with van der Waals surface area (Å²) in [6.07, 6.45) is 2.92. The molecule has 0 bridgehead atoms. The first-order valence-electron chi connectivity index (χ1n) is 7.19. The molecule has 0 saturated carbocycles. The minimum Gasteiger partial charge on any atom is -0.313 e. The maximum atomic E-state index is 4.27. The topological polar surface area (TPSA) is 55.6 Å². The molecule has 1 aromatic heterocycles. The van der Waals surface area contributed by atoms with Gasteiger partial charge in [-0.05, 0) is 37.1 Å². The summed E-state index contributed by atoms with van der Waals surface area (Å²) in [5.74, 6) is 0.800. The Bertz CT molecular complexity index is 535. The molecule has 108 valence electrons. The quantitative estimate of drug-likeness (QED) is 0.834. The van der Waals surface area contributed by atoms with Gasteiger partial charge in [0.1, 0.15) is 0 Å². The van der Waals surface area contributed by atoms with Gasteiger partial charge in [0.2, 0.25) is 0 Å². The number of benzene rings is 1. The molecule has 1 heterocycles. The first kappa shape index (κ1) is 14.7. The maximum Gasteiger partial charge on any atom is 0.176 e. The Kier molecular flexibility index (Phi) is 5.24. The standard InChI is InChI=1S/C15H23N5/c1-4-8-16-14(11-15-17-19-20(3)18-15)10-13-7-5-6-12(2)9-13/h5-7,9,14,16H,4,8,10-11H2,1-3H3. The average Bonchev–Trinajstić information content (AvgIpc) is 2.81. The van der Waals surface area contributed by atoms with E-state index >= 15 is 0 Å². The number of hydrogen-bond acceptors (Lipinski definition) is 4. The van der Waals surface area contributed by atoms with Crippen molar-refractivity contribution in [2.75, 3.05) is 6.54 Å². The molecule has 0 aliphatic rings. The Labute approximate surface area is 120 Å². The molecule has 0 radical (unpaired) electrons. The fourth-order valence-corrected chi connectivity index (χ4v) is 2.31. The van der Waals surface area contributed by atoms with E-state index in [9.17, 15) is 0 Å². The Balaban J connectivity index is 2.02. The Hall–Kier alpha value is -1.75. The third-order valence-corrected chi connectivity index (χ3v) is 3.23. The third-order valence-electron chi connectivity index (χ3n) is 3.23. The van der Waals surface area contributed by atoms with Crippen LogP contribution < -0.4 is 5.32 Å². The Morgan fingerprint density at radius 3 is 2.80 bits per heavy atom. The molecule has 1 N–H and O–H groups in total. The molecule has 1 atom stereocenters. The second-order valence-electron chi connectivity index (χ2n) is 5.24. The van der Waals surface area contributed by atoms with E-state index < -0.39 is 0 Å². The van der Waals surface area contributed by atoms with Gasteiger partial charge in [-0.15, -0.1) is 10.2 Å². The van der Waals surface area contributed by atoms with E-state index in [-0.39, 0.29) is 0 Å². The van der Waals surface area contributed by atoms with Gasteiger partial charge in [-0.1, -0.05) is 36.8 Å². The van der Waals surface area contributed by atoms with Crippen LogP contribution in [0.15, 0.2) is 24.3 Å². The van der Waals surface area contributed by atoms with Crippen LogP contribution in [0, 0.1) is 6.92 Å². The zero-order valence-corrected chi connectivity index (χ0v) is 12.5. The Morgan fingerprint density at radius 2 is 2.15 bits per heavy atom. The van der Waals surface area contributed by atoms with E-state index in [1.54, 1.807) is 7.05 Å². The van der Waals surface area contributed by atoms with Crippen LogP contribution in [-0.4, -0.2) is 32.8 Å². The van der Waals surface area contributed by atoms with Crippen LogP contribution in [0.2, 0.25) is 0 Å². The van der Waals surface area contributed by atoms with Gasteiger partial charge >= 0.3 is 0 Å². The van der Waals surface area contributed by atoms with Crippen molar-refractivity contribution in [3.63, 3.8) is 0 Å². The molecule has 2 aromatic rings. The van der Waals surface area contributed by atoms with Gasteiger partial charge in [-0.25, -0.2) is 0 Å². The van der Waals surface area contributed by atoms with Crippen molar-refractivity contribution in [2.45, 2.75) is 39.2 Å². The number of aryl methyl sites for hydroxylation is 2. The second-order valence-corrected chi connectivity index (χ2v) is 5.24. The van der Waals surface area contributed by atoms with Gasteiger partial charge < -0.3 is 5.32 Å². The van der Waals surface area contributed by atoms with Gasteiger partial charge in [0.15, 0.2) is 5.82 Å². The fourth-order valence-electron chi connectivity index (χ4n) is 2.31. The van der Waals surface area contributed by atoms with Crippen LogP contribution in [0.25, 0.3) is 0 Å². The lowest BCUT2D eigenvalue weighted by Gasteiger charge is -2.17. The third kappa shape index (κ3) is 4.42. The molecule has 0 fully saturated rings. The molecule has 0 spiro atoms. The van der Waals surface area contributed by atoms with Gasteiger partial charge in [0, 0.05) is 12.5 Å². The van der Waals surface area contributed by atoms with Crippen molar-refractivity contribution < 1.29 is 0 Å². The van der Waals surface area contributed by atoms with Crippen molar-refractivity contribution in [3.05, 3.63) is 41.2 Å². The van der Waals surface area contributed by atoms with Gasteiger partial charge in [-0.3, -0.25) is 0 Å². The first-order valence-corrected chi connectivity index (χ1v) is 7.19. The lowest BCUT2D eigenvalue weighted by Crippen LogP contribution is -2.34. The zero-order valence-electron chi connectivity index (χ0n) is 12.5. The van der Waals surface area contributed by atoms with Crippen molar-refractivity contribution >= 4 is 0 Å². The van der Waals surface area contributed by atoms with Crippen molar-refractivity contribution in [1.82, 2.24) is 25.5 Å². The van der Waals surface area contributed by atoms with Gasteiger partial charge in [-0.2, -0.15) is 4.80 Å². The fraction of sp³-hybridized carbons (Fsp3) is 0.533. The molecule has 5 nitrogen and oxygen atoms in total. The summed E-state index contributed by atoms with van der Waals surface area (Å²) in [5.41, 5.74) is 2.65. The second kappa shape index (κ2) is 7.14. The summed E-state index contributed by atoms with van der Waals surface area (Å²) in [6.45, 7) is 5.32. The number of nitrogens with zero attached hydrogens (tertiary/aromatic N) is 4. The van der Waals surface area contributed by atoms with E-state index in [2.05, 4.69) is 58.8 Å². The van der Waals surface area contributed by atoms with Crippen LogP contribution in [0.4, 0.5) is 0 Å². The molecular formula is C15H23N5. The van der Waals surface area contributed by atoms with Gasteiger partial charge in [0.05, 0.1) is 7.05 Å². The van der Waals surface area contributed by atoms with Crippen LogP contribution in [0.5, 0.6) is 0 Å². The first-order chi connectivity index (χ1) is 9.67. The SMILES string of the molecule is CCCNC(Cc1cccc(C)c1)Cc1nnn(C)n1. The predicted molar refractivity (Wildman–Crippen MR) is 79.5 cm³/mol. The molecule has 5 heteroatoms. The number of nitrogens with one attached hydrogen (secondary N) is 1. The highest BCUT2D eigenvalue weighted by molar-refractivity contribution is 5.23. The minimum absolute atomic E-state index is 0.348. The van der Waals surface area contributed by atoms with Crippen molar-refractivity contribution in [2.24, 2.45) is 7.05 Å². The van der Waals surface area contributed by atoms with Crippen LogP contribution in [0.3, 0.4) is 0 Å². The molecule has 20 heavy (non-hydrogen) atoms. The Morgan fingerprint density at radius 1 is 1.30 bits per heavy atom. The predicted octanol–water partition coefficient (Wildman–Crippen LogP) is 1.67. The monoisotopic (exact) mass is 273 g/mol.